The molecule has 66 heavy (non-hydrogen) atoms. The summed E-state index contributed by atoms with van der Waals surface area (Å²) in [7, 11) is 0. The van der Waals surface area contributed by atoms with Gasteiger partial charge >= 0.3 is 0 Å². The van der Waals surface area contributed by atoms with E-state index in [1.807, 2.05) is 24.5 Å². The first kappa shape index (κ1) is 39.3. The van der Waals surface area contributed by atoms with Crippen LogP contribution in [0.5, 0.6) is 0 Å². The van der Waals surface area contributed by atoms with Crippen LogP contribution in [0.2, 0.25) is 0 Å². The molecular formula is C62H44N4. The summed E-state index contributed by atoms with van der Waals surface area (Å²) in [5.74, 6) is 0.679. The fourth-order valence-corrected chi connectivity index (χ4v) is 9.71. The highest BCUT2D eigenvalue weighted by molar-refractivity contribution is 6.05. The van der Waals surface area contributed by atoms with Gasteiger partial charge in [0.15, 0.2) is 5.82 Å². The van der Waals surface area contributed by atoms with Gasteiger partial charge in [0.1, 0.15) is 0 Å². The number of fused-ring (bicyclic) bond motifs is 3. The van der Waals surface area contributed by atoms with Gasteiger partial charge in [-0.2, -0.15) is 0 Å². The van der Waals surface area contributed by atoms with E-state index < -0.39 is 0 Å². The Balaban J connectivity index is 1.05. The Labute approximate surface area is 384 Å². The summed E-state index contributed by atoms with van der Waals surface area (Å²) < 4.78 is 0. The maximum Gasteiger partial charge on any atom is 0.160 e. The topological polar surface area (TPSA) is 51.6 Å². The van der Waals surface area contributed by atoms with Crippen molar-refractivity contribution in [3.05, 3.63) is 235 Å². The van der Waals surface area contributed by atoms with Crippen molar-refractivity contribution >= 4 is 49.4 Å². The van der Waals surface area contributed by atoms with E-state index in [0.29, 0.717) is 5.82 Å². The molecule has 0 bridgehead atoms. The second-order valence-corrected chi connectivity index (χ2v) is 17.2. The zero-order valence-corrected chi connectivity index (χ0v) is 36.4. The molecule has 12 rings (SSSR count). The highest BCUT2D eigenvalue weighted by Gasteiger charge is 2.20. The van der Waals surface area contributed by atoms with Crippen LogP contribution in [-0.4, -0.2) is 19.9 Å². The largest absolute Gasteiger partial charge is 0.256 e. The highest BCUT2D eigenvalue weighted by Crippen LogP contribution is 2.41. The van der Waals surface area contributed by atoms with Crippen molar-refractivity contribution in [3.8, 4) is 56.0 Å². The van der Waals surface area contributed by atoms with Gasteiger partial charge in [-0.05, 0) is 100 Å². The molecule has 3 heterocycles. The van der Waals surface area contributed by atoms with Gasteiger partial charge in [-0.15, -0.1) is 0 Å². The number of pyridine rings is 2. The van der Waals surface area contributed by atoms with E-state index in [0.717, 1.165) is 109 Å². The highest BCUT2D eigenvalue weighted by atomic mass is 14.9. The lowest BCUT2D eigenvalue weighted by atomic mass is 9.87. The first-order valence-corrected chi connectivity index (χ1v) is 22.9. The molecule has 312 valence electrons. The molecule has 0 aliphatic heterocycles. The molecular weight excluding hydrogens is 801 g/mol. The molecule has 2 aliphatic rings. The van der Waals surface area contributed by atoms with E-state index in [4.69, 9.17) is 19.9 Å². The first-order chi connectivity index (χ1) is 32.7. The van der Waals surface area contributed by atoms with Crippen molar-refractivity contribution in [2.75, 3.05) is 0 Å². The van der Waals surface area contributed by atoms with Gasteiger partial charge in [0.2, 0.25) is 0 Å². The molecule has 0 unspecified atom stereocenters. The zero-order chi connectivity index (χ0) is 43.8. The second-order valence-electron chi connectivity index (χ2n) is 17.2. The van der Waals surface area contributed by atoms with Gasteiger partial charge in [0, 0.05) is 56.4 Å². The van der Waals surface area contributed by atoms with E-state index in [-0.39, 0.29) is 0 Å². The summed E-state index contributed by atoms with van der Waals surface area (Å²) in [6.07, 6.45) is 19.3. The molecule has 4 nitrogen and oxygen atoms in total. The molecule has 0 saturated heterocycles. The predicted molar refractivity (Wildman–Crippen MR) is 275 cm³/mol. The third-order valence-corrected chi connectivity index (χ3v) is 13.2. The molecule has 0 radical (unpaired) electrons. The fraction of sp³-hybridized carbons (Fsp3) is 0.0645. The Bertz CT molecular complexity index is 3590. The van der Waals surface area contributed by atoms with Gasteiger partial charge in [-0.1, -0.05) is 182 Å². The quantitative estimate of drug-likeness (QED) is 0.153. The lowest BCUT2D eigenvalue weighted by Crippen LogP contribution is -2.00. The van der Waals surface area contributed by atoms with E-state index in [9.17, 15) is 0 Å². The van der Waals surface area contributed by atoms with Crippen LogP contribution in [0.25, 0.3) is 105 Å². The van der Waals surface area contributed by atoms with E-state index in [2.05, 4.69) is 194 Å². The smallest absolute Gasteiger partial charge is 0.160 e. The number of benzene rings is 7. The molecule has 0 spiro atoms. The van der Waals surface area contributed by atoms with Crippen LogP contribution in [0, 0.1) is 0 Å². The molecule has 2 aliphatic carbocycles. The summed E-state index contributed by atoms with van der Waals surface area (Å²) in [5.41, 5.74) is 20.0. The summed E-state index contributed by atoms with van der Waals surface area (Å²) in [6, 6.07) is 62.9. The van der Waals surface area contributed by atoms with Gasteiger partial charge in [-0.3, -0.25) is 9.97 Å². The molecule has 0 N–H and O–H groups in total. The van der Waals surface area contributed by atoms with Crippen LogP contribution < -0.4 is 0 Å². The fourth-order valence-electron chi connectivity index (χ4n) is 9.71. The van der Waals surface area contributed by atoms with Gasteiger partial charge < -0.3 is 0 Å². The molecule has 0 atom stereocenters. The average molecular weight is 845 g/mol. The van der Waals surface area contributed by atoms with Crippen molar-refractivity contribution in [3.63, 3.8) is 0 Å². The molecule has 3 aromatic heterocycles. The molecule has 7 aromatic carbocycles. The van der Waals surface area contributed by atoms with E-state index >= 15 is 0 Å². The molecule has 0 amide bonds. The number of rotatable bonds is 8. The Morgan fingerprint density at radius 1 is 0.379 bits per heavy atom. The number of hydrogen-bond donors (Lipinski definition) is 0. The lowest BCUT2D eigenvalue weighted by Gasteiger charge is -2.19. The van der Waals surface area contributed by atoms with E-state index in [1.54, 1.807) is 0 Å². The van der Waals surface area contributed by atoms with Crippen LogP contribution in [0.4, 0.5) is 0 Å². The monoisotopic (exact) mass is 844 g/mol. The Hall–Kier alpha value is -8.34. The Morgan fingerprint density at radius 2 is 0.939 bits per heavy atom. The summed E-state index contributed by atoms with van der Waals surface area (Å²) in [6.45, 7) is 0. The third-order valence-electron chi connectivity index (χ3n) is 13.2. The lowest BCUT2D eigenvalue weighted by molar-refractivity contribution is 1.04. The van der Waals surface area contributed by atoms with Crippen LogP contribution >= 0.6 is 0 Å². The minimum atomic E-state index is 0.679. The maximum atomic E-state index is 5.52. The van der Waals surface area contributed by atoms with Crippen molar-refractivity contribution in [2.45, 2.75) is 25.7 Å². The summed E-state index contributed by atoms with van der Waals surface area (Å²) in [4.78, 5) is 20.6. The van der Waals surface area contributed by atoms with Crippen LogP contribution in [0.1, 0.15) is 42.4 Å². The molecule has 4 heteroatoms. The molecule has 0 fully saturated rings. The van der Waals surface area contributed by atoms with Crippen molar-refractivity contribution in [1.82, 2.24) is 19.9 Å². The van der Waals surface area contributed by atoms with Crippen molar-refractivity contribution in [2.24, 2.45) is 0 Å². The van der Waals surface area contributed by atoms with Crippen molar-refractivity contribution < 1.29 is 0 Å². The average Bonchev–Trinajstić information content (AvgIpc) is 3.40. The first-order valence-electron chi connectivity index (χ1n) is 22.9. The number of allylic oxidation sites excluding steroid dienone is 8. The minimum Gasteiger partial charge on any atom is -0.256 e. The van der Waals surface area contributed by atoms with Crippen LogP contribution in [0.15, 0.2) is 219 Å². The SMILES string of the molecule is C1=CC(c2ccc(-c3cc(C4=CC=C(c5ccccc5)CC4)cc4c(-c5ccc(-c6cccc7cccnc67)cc5)nc(-c5ccc(-c6cccc7cccnc67)cc5)nc34)cc2)=CCC1. The summed E-state index contributed by atoms with van der Waals surface area (Å²) in [5, 5.41) is 3.26. The van der Waals surface area contributed by atoms with Gasteiger partial charge in [0.05, 0.1) is 22.2 Å². The maximum absolute atomic E-state index is 5.52. The number of para-hydroxylation sites is 2. The number of hydrogen-bond acceptors (Lipinski definition) is 4. The standard InChI is InChI=1S/C62H44N4/c1-3-11-41(12-4-1)43-21-23-45(24-22-43)53-39-56(48-27-25-44(26-28-48)42-13-5-2-6-14-42)61-57(40-53)60(51-33-29-46(30-34-51)54-19-7-15-49-17-9-37-63-58(49)54)65-62(66-61)52-35-31-47(32-36-52)55-20-8-16-50-18-10-38-64-59(50)55/h1,3-5,7-21,23,25-40H,2,6,22,24H2. The van der Waals surface area contributed by atoms with Crippen LogP contribution in [-0.2, 0) is 0 Å². The summed E-state index contributed by atoms with van der Waals surface area (Å²) >= 11 is 0. The predicted octanol–water partition coefficient (Wildman–Crippen LogP) is 16.1. The van der Waals surface area contributed by atoms with Gasteiger partial charge in [-0.25, -0.2) is 9.97 Å². The Kier molecular flexibility index (Phi) is 10.1. The Morgan fingerprint density at radius 3 is 1.55 bits per heavy atom. The normalized spacial score (nSPS) is 13.7. The number of nitrogens with zero attached hydrogens (tertiary/aromatic N) is 4. The minimum absolute atomic E-state index is 0.679. The molecule has 0 saturated carbocycles. The molecule has 10 aromatic rings. The third kappa shape index (κ3) is 7.42. The van der Waals surface area contributed by atoms with Crippen molar-refractivity contribution in [1.29, 1.82) is 0 Å². The zero-order valence-electron chi connectivity index (χ0n) is 36.4. The van der Waals surface area contributed by atoms with Crippen LogP contribution in [0.3, 0.4) is 0 Å². The van der Waals surface area contributed by atoms with Gasteiger partial charge in [0.25, 0.3) is 0 Å². The number of aromatic nitrogens is 4. The van der Waals surface area contributed by atoms with E-state index in [1.165, 1.54) is 33.4 Å². The second kappa shape index (κ2) is 17.0.